The first kappa shape index (κ1) is 10.1. The molecule has 0 aromatic carbocycles. The largest absolute Gasteiger partial charge is 0.328 e. The van der Waals surface area contributed by atoms with Gasteiger partial charge in [0.15, 0.2) is 0 Å². The van der Waals surface area contributed by atoms with Crippen LogP contribution in [0.2, 0.25) is 0 Å². The highest BCUT2D eigenvalue weighted by atomic mass is 14.7. The van der Waals surface area contributed by atoms with Gasteiger partial charge in [-0.2, -0.15) is 0 Å². The van der Waals surface area contributed by atoms with Crippen LogP contribution in [-0.4, -0.2) is 6.04 Å². The zero-order valence-electron chi connectivity index (χ0n) is 10.2. The van der Waals surface area contributed by atoms with Gasteiger partial charge in [0.1, 0.15) is 0 Å². The van der Waals surface area contributed by atoms with Crippen LogP contribution in [0.5, 0.6) is 0 Å². The van der Waals surface area contributed by atoms with E-state index >= 15 is 0 Å². The van der Waals surface area contributed by atoms with Gasteiger partial charge in [-0.1, -0.05) is 6.92 Å². The van der Waals surface area contributed by atoms with Crippen molar-refractivity contribution >= 4 is 0 Å². The molecule has 2 atom stereocenters. The molecule has 4 aliphatic rings. The Morgan fingerprint density at radius 1 is 0.933 bits per heavy atom. The lowest BCUT2D eigenvalue weighted by Crippen LogP contribution is -2.52. The molecule has 86 valence electrons. The van der Waals surface area contributed by atoms with E-state index in [0.29, 0.717) is 11.5 Å². The van der Waals surface area contributed by atoms with E-state index in [1.165, 1.54) is 19.3 Å². The monoisotopic (exact) mass is 207 g/mol. The Bertz CT molecular complexity index is 221. The number of nitrogens with two attached hydrogens (primary N) is 1. The maximum absolute atomic E-state index is 6.16. The van der Waals surface area contributed by atoms with E-state index in [1.54, 1.807) is 19.3 Å². The molecule has 2 N–H and O–H groups in total. The van der Waals surface area contributed by atoms with Crippen LogP contribution < -0.4 is 5.73 Å². The fraction of sp³-hybridized carbons (Fsp3) is 1.00. The molecular formula is C14H25N. The molecule has 0 aromatic rings. The minimum atomic E-state index is 0.390. The third-order valence-corrected chi connectivity index (χ3v) is 5.84. The Labute approximate surface area is 93.8 Å². The van der Waals surface area contributed by atoms with Gasteiger partial charge in [-0.05, 0) is 74.5 Å². The van der Waals surface area contributed by atoms with Crippen molar-refractivity contribution in [3.05, 3.63) is 0 Å². The summed E-state index contributed by atoms with van der Waals surface area (Å²) in [5.74, 6) is 3.94. The SMILES string of the molecule is CC(N)C(C)C12CC3CC(CC(C3)C1)C2. The first-order valence-corrected chi connectivity index (χ1v) is 6.84. The molecule has 0 spiro atoms. The van der Waals surface area contributed by atoms with Crippen LogP contribution >= 0.6 is 0 Å². The fourth-order valence-electron chi connectivity index (χ4n) is 5.29. The van der Waals surface area contributed by atoms with E-state index in [1.807, 2.05) is 0 Å². The van der Waals surface area contributed by atoms with E-state index in [2.05, 4.69) is 13.8 Å². The van der Waals surface area contributed by atoms with Gasteiger partial charge in [-0.25, -0.2) is 0 Å². The number of hydrogen-bond acceptors (Lipinski definition) is 1. The minimum Gasteiger partial charge on any atom is -0.328 e. The second-order valence-electron chi connectivity index (χ2n) is 6.93. The van der Waals surface area contributed by atoms with Gasteiger partial charge in [0.05, 0.1) is 0 Å². The molecule has 0 saturated heterocycles. The average Bonchev–Trinajstić information content (AvgIpc) is 2.14. The molecule has 4 fully saturated rings. The first-order chi connectivity index (χ1) is 7.09. The molecule has 0 radical (unpaired) electrons. The Morgan fingerprint density at radius 2 is 1.33 bits per heavy atom. The van der Waals surface area contributed by atoms with Crippen molar-refractivity contribution in [3.63, 3.8) is 0 Å². The Balaban J connectivity index is 1.86. The highest BCUT2D eigenvalue weighted by Crippen LogP contribution is 2.62. The predicted molar refractivity (Wildman–Crippen MR) is 63.4 cm³/mol. The van der Waals surface area contributed by atoms with Crippen molar-refractivity contribution in [2.24, 2.45) is 34.8 Å². The molecule has 4 saturated carbocycles. The van der Waals surface area contributed by atoms with Crippen LogP contribution in [0.25, 0.3) is 0 Å². The topological polar surface area (TPSA) is 26.0 Å². The highest BCUT2D eigenvalue weighted by molar-refractivity contribution is 5.04. The van der Waals surface area contributed by atoms with Crippen LogP contribution in [0.4, 0.5) is 0 Å². The van der Waals surface area contributed by atoms with Crippen molar-refractivity contribution in [2.45, 2.75) is 58.4 Å². The first-order valence-electron chi connectivity index (χ1n) is 6.84. The second-order valence-corrected chi connectivity index (χ2v) is 6.93. The lowest BCUT2D eigenvalue weighted by Gasteiger charge is -2.59. The van der Waals surface area contributed by atoms with E-state index in [-0.39, 0.29) is 0 Å². The van der Waals surface area contributed by atoms with Gasteiger partial charge in [0.25, 0.3) is 0 Å². The Hall–Kier alpha value is -0.0400. The summed E-state index contributed by atoms with van der Waals surface area (Å²) >= 11 is 0. The van der Waals surface area contributed by atoms with Gasteiger partial charge in [0.2, 0.25) is 0 Å². The second kappa shape index (κ2) is 3.23. The van der Waals surface area contributed by atoms with E-state index < -0.39 is 0 Å². The third kappa shape index (κ3) is 1.46. The van der Waals surface area contributed by atoms with E-state index in [4.69, 9.17) is 5.73 Å². The maximum Gasteiger partial charge on any atom is 0.00414 e. The molecule has 15 heavy (non-hydrogen) atoms. The molecule has 4 rings (SSSR count). The van der Waals surface area contributed by atoms with Gasteiger partial charge in [-0.3, -0.25) is 0 Å². The summed E-state index contributed by atoms with van der Waals surface area (Å²) in [6.45, 7) is 4.63. The van der Waals surface area contributed by atoms with Gasteiger partial charge in [-0.15, -0.1) is 0 Å². The fourth-order valence-corrected chi connectivity index (χ4v) is 5.29. The quantitative estimate of drug-likeness (QED) is 0.739. The summed E-state index contributed by atoms with van der Waals surface area (Å²) in [6, 6.07) is 0.390. The summed E-state index contributed by atoms with van der Waals surface area (Å²) in [5, 5.41) is 0. The van der Waals surface area contributed by atoms with Crippen LogP contribution in [0.3, 0.4) is 0 Å². The van der Waals surface area contributed by atoms with E-state index in [9.17, 15) is 0 Å². The molecule has 1 nitrogen and oxygen atoms in total. The van der Waals surface area contributed by atoms with Crippen molar-refractivity contribution in [2.75, 3.05) is 0 Å². The van der Waals surface area contributed by atoms with Crippen LogP contribution in [-0.2, 0) is 0 Å². The molecule has 4 bridgehead atoms. The van der Waals surface area contributed by atoms with Gasteiger partial charge in [0, 0.05) is 6.04 Å². The molecule has 0 aromatic heterocycles. The van der Waals surface area contributed by atoms with Crippen molar-refractivity contribution in [1.82, 2.24) is 0 Å². The summed E-state index contributed by atoms with van der Waals surface area (Å²) < 4.78 is 0. The smallest absolute Gasteiger partial charge is 0.00414 e. The molecule has 0 heterocycles. The van der Waals surface area contributed by atoms with Crippen LogP contribution in [0.1, 0.15) is 52.4 Å². The van der Waals surface area contributed by atoms with Crippen molar-refractivity contribution in [3.8, 4) is 0 Å². The normalized spacial score (nSPS) is 51.8. The molecular weight excluding hydrogens is 182 g/mol. The minimum absolute atomic E-state index is 0.390. The molecule has 2 unspecified atom stereocenters. The molecule has 1 heteroatoms. The Kier molecular flexibility index (Phi) is 2.18. The summed E-state index contributed by atoms with van der Waals surface area (Å²) in [7, 11) is 0. The zero-order chi connectivity index (χ0) is 10.6. The van der Waals surface area contributed by atoms with E-state index in [0.717, 1.165) is 23.7 Å². The van der Waals surface area contributed by atoms with Gasteiger partial charge >= 0.3 is 0 Å². The van der Waals surface area contributed by atoms with Gasteiger partial charge < -0.3 is 5.73 Å². The zero-order valence-corrected chi connectivity index (χ0v) is 10.2. The standard InChI is InChI=1S/C14H25N/c1-9(10(2)15)14-6-11-3-12(7-14)5-13(4-11)8-14/h9-13H,3-8,15H2,1-2H3. The highest BCUT2D eigenvalue weighted by Gasteiger charge is 2.53. The van der Waals surface area contributed by atoms with Crippen molar-refractivity contribution < 1.29 is 0 Å². The van der Waals surface area contributed by atoms with Crippen molar-refractivity contribution in [1.29, 1.82) is 0 Å². The summed E-state index contributed by atoms with van der Waals surface area (Å²) in [6.07, 6.45) is 9.14. The average molecular weight is 207 g/mol. The third-order valence-electron chi connectivity index (χ3n) is 5.84. The molecule has 4 aliphatic carbocycles. The Morgan fingerprint density at radius 3 is 1.67 bits per heavy atom. The molecule has 0 amide bonds. The summed E-state index contributed by atoms with van der Waals surface area (Å²) in [5.41, 5.74) is 6.81. The lowest BCUT2D eigenvalue weighted by molar-refractivity contribution is -0.0871. The number of rotatable bonds is 2. The maximum atomic E-state index is 6.16. The molecule has 0 aliphatic heterocycles. The number of hydrogen-bond donors (Lipinski definition) is 1. The van der Waals surface area contributed by atoms with Crippen LogP contribution in [0.15, 0.2) is 0 Å². The lowest BCUT2D eigenvalue weighted by atomic mass is 9.46. The predicted octanol–water partition coefficient (Wildman–Crippen LogP) is 3.19. The van der Waals surface area contributed by atoms with Crippen LogP contribution in [0, 0.1) is 29.1 Å². The summed E-state index contributed by atoms with van der Waals surface area (Å²) in [4.78, 5) is 0.